The van der Waals surface area contributed by atoms with Crippen molar-refractivity contribution in [3.05, 3.63) is 46.5 Å². The molecular formula is C13H14ClN3O2. The van der Waals surface area contributed by atoms with E-state index in [-0.39, 0.29) is 5.82 Å². The molecule has 0 atom stereocenters. The Labute approximate surface area is 116 Å². The van der Waals surface area contributed by atoms with Crippen LogP contribution in [0.4, 0.5) is 0 Å². The van der Waals surface area contributed by atoms with Crippen molar-refractivity contribution < 1.29 is 9.53 Å². The molecule has 0 aliphatic carbocycles. The van der Waals surface area contributed by atoms with Gasteiger partial charge in [0.25, 0.3) is 0 Å². The summed E-state index contributed by atoms with van der Waals surface area (Å²) in [6.07, 6.45) is 0. The number of aryl methyl sites for hydroxylation is 1. The van der Waals surface area contributed by atoms with Gasteiger partial charge in [-0.25, -0.2) is 4.79 Å². The number of aromatic nitrogens is 3. The molecule has 19 heavy (non-hydrogen) atoms. The number of hydrogen-bond acceptors (Lipinski definition) is 4. The number of halogens is 1. The van der Waals surface area contributed by atoms with Crippen molar-refractivity contribution in [2.75, 3.05) is 6.61 Å². The average molecular weight is 280 g/mol. The third kappa shape index (κ3) is 3.12. The Balaban J connectivity index is 2.29. The van der Waals surface area contributed by atoms with Gasteiger partial charge in [-0.2, -0.15) is 0 Å². The van der Waals surface area contributed by atoms with Crippen LogP contribution in [0.15, 0.2) is 24.3 Å². The Kier molecular flexibility index (Phi) is 4.16. The van der Waals surface area contributed by atoms with Crippen LogP contribution in [0, 0.1) is 6.92 Å². The van der Waals surface area contributed by atoms with Crippen molar-refractivity contribution in [1.82, 2.24) is 14.8 Å². The van der Waals surface area contributed by atoms with Crippen molar-refractivity contribution >= 4 is 17.6 Å². The number of rotatable bonds is 4. The highest BCUT2D eigenvalue weighted by Crippen LogP contribution is 2.14. The van der Waals surface area contributed by atoms with Gasteiger partial charge in [0.1, 0.15) is 5.82 Å². The zero-order chi connectivity index (χ0) is 13.8. The largest absolute Gasteiger partial charge is 0.460 e. The standard InChI is InChI=1S/C13H14ClN3O2/c1-3-19-13(18)12-16-15-9(2)17(12)8-10-5-4-6-11(14)7-10/h4-7H,3,8H2,1-2H3. The fraction of sp³-hybridized carbons (Fsp3) is 0.308. The molecular weight excluding hydrogens is 266 g/mol. The van der Waals surface area contributed by atoms with Crippen LogP contribution < -0.4 is 0 Å². The van der Waals surface area contributed by atoms with E-state index in [1.54, 1.807) is 24.5 Å². The Morgan fingerprint density at radius 3 is 2.89 bits per heavy atom. The molecule has 1 heterocycles. The van der Waals surface area contributed by atoms with Gasteiger partial charge in [0.2, 0.25) is 5.82 Å². The van der Waals surface area contributed by atoms with Crippen LogP contribution in [-0.2, 0) is 11.3 Å². The molecule has 0 saturated carbocycles. The third-order valence-corrected chi connectivity index (χ3v) is 2.86. The summed E-state index contributed by atoms with van der Waals surface area (Å²) in [6.45, 7) is 4.33. The van der Waals surface area contributed by atoms with Crippen LogP contribution in [0.25, 0.3) is 0 Å². The van der Waals surface area contributed by atoms with Gasteiger partial charge in [-0.05, 0) is 31.5 Å². The Bertz CT molecular complexity index is 595. The summed E-state index contributed by atoms with van der Waals surface area (Å²) in [5, 5.41) is 8.43. The molecule has 6 heteroatoms. The van der Waals surface area contributed by atoms with Crippen LogP contribution >= 0.6 is 11.6 Å². The number of carbonyl (C=O) groups is 1. The zero-order valence-corrected chi connectivity index (χ0v) is 11.5. The van der Waals surface area contributed by atoms with E-state index in [0.717, 1.165) is 5.56 Å². The van der Waals surface area contributed by atoms with Gasteiger partial charge in [0, 0.05) is 5.02 Å². The lowest BCUT2D eigenvalue weighted by atomic mass is 10.2. The van der Waals surface area contributed by atoms with Gasteiger partial charge in [0.05, 0.1) is 13.2 Å². The first kappa shape index (κ1) is 13.5. The van der Waals surface area contributed by atoms with Crippen molar-refractivity contribution in [1.29, 1.82) is 0 Å². The summed E-state index contributed by atoms with van der Waals surface area (Å²) >= 11 is 5.94. The molecule has 0 amide bonds. The van der Waals surface area contributed by atoms with E-state index in [0.29, 0.717) is 24.0 Å². The SMILES string of the molecule is CCOC(=O)c1nnc(C)n1Cc1cccc(Cl)c1. The Morgan fingerprint density at radius 2 is 2.21 bits per heavy atom. The molecule has 0 fully saturated rings. The second kappa shape index (κ2) is 5.84. The van der Waals surface area contributed by atoms with E-state index in [4.69, 9.17) is 16.3 Å². The highest BCUT2D eigenvalue weighted by atomic mass is 35.5. The fourth-order valence-corrected chi connectivity index (χ4v) is 1.95. The smallest absolute Gasteiger partial charge is 0.376 e. The summed E-state index contributed by atoms with van der Waals surface area (Å²) < 4.78 is 6.67. The van der Waals surface area contributed by atoms with Gasteiger partial charge < -0.3 is 9.30 Å². The summed E-state index contributed by atoms with van der Waals surface area (Å²) in [4.78, 5) is 11.8. The molecule has 5 nitrogen and oxygen atoms in total. The van der Waals surface area contributed by atoms with E-state index < -0.39 is 5.97 Å². The quantitative estimate of drug-likeness (QED) is 0.807. The van der Waals surface area contributed by atoms with E-state index in [1.165, 1.54) is 0 Å². The molecule has 2 aromatic rings. The number of esters is 1. The maximum Gasteiger partial charge on any atom is 0.376 e. The molecule has 100 valence electrons. The predicted molar refractivity (Wildman–Crippen MR) is 71.3 cm³/mol. The zero-order valence-electron chi connectivity index (χ0n) is 10.8. The maximum absolute atomic E-state index is 11.8. The van der Waals surface area contributed by atoms with Crippen LogP contribution in [0.5, 0.6) is 0 Å². The molecule has 0 bridgehead atoms. The number of ether oxygens (including phenoxy) is 1. The van der Waals surface area contributed by atoms with Crippen molar-refractivity contribution in [2.24, 2.45) is 0 Å². The van der Waals surface area contributed by atoms with Gasteiger partial charge in [-0.1, -0.05) is 23.7 Å². The number of nitrogens with zero attached hydrogens (tertiary/aromatic N) is 3. The molecule has 1 aromatic heterocycles. The van der Waals surface area contributed by atoms with E-state index in [9.17, 15) is 4.79 Å². The molecule has 0 unspecified atom stereocenters. The summed E-state index contributed by atoms with van der Waals surface area (Å²) in [5.41, 5.74) is 0.973. The first-order chi connectivity index (χ1) is 9.11. The van der Waals surface area contributed by atoms with Crippen LogP contribution in [0.2, 0.25) is 5.02 Å². The normalized spacial score (nSPS) is 10.5. The molecule has 0 spiro atoms. The van der Waals surface area contributed by atoms with Gasteiger partial charge in [0.15, 0.2) is 0 Å². The first-order valence-corrected chi connectivity index (χ1v) is 6.31. The lowest BCUT2D eigenvalue weighted by molar-refractivity contribution is 0.0506. The Morgan fingerprint density at radius 1 is 1.42 bits per heavy atom. The second-order valence-electron chi connectivity index (χ2n) is 4.01. The summed E-state index contributed by atoms with van der Waals surface area (Å²) in [6, 6.07) is 7.44. The molecule has 0 saturated heterocycles. The monoisotopic (exact) mass is 279 g/mol. The minimum Gasteiger partial charge on any atom is -0.460 e. The second-order valence-corrected chi connectivity index (χ2v) is 4.44. The van der Waals surface area contributed by atoms with Crippen molar-refractivity contribution in [3.63, 3.8) is 0 Å². The third-order valence-electron chi connectivity index (χ3n) is 2.62. The molecule has 0 aliphatic rings. The minimum absolute atomic E-state index is 0.208. The van der Waals surface area contributed by atoms with E-state index >= 15 is 0 Å². The predicted octanol–water partition coefficient (Wildman–Crippen LogP) is 2.46. The Hall–Kier alpha value is -1.88. The summed E-state index contributed by atoms with van der Waals surface area (Å²) in [7, 11) is 0. The van der Waals surface area contributed by atoms with Gasteiger partial charge >= 0.3 is 5.97 Å². The van der Waals surface area contributed by atoms with Gasteiger partial charge in [-0.3, -0.25) is 0 Å². The molecule has 2 rings (SSSR count). The van der Waals surface area contributed by atoms with E-state index in [2.05, 4.69) is 10.2 Å². The molecule has 0 radical (unpaired) electrons. The lowest BCUT2D eigenvalue weighted by Gasteiger charge is -2.08. The highest BCUT2D eigenvalue weighted by molar-refractivity contribution is 6.30. The topological polar surface area (TPSA) is 57.0 Å². The molecule has 1 aromatic carbocycles. The number of hydrogen-bond donors (Lipinski definition) is 0. The van der Waals surface area contributed by atoms with Crippen molar-refractivity contribution in [3.8, 4) is 0 Å². The van der Waals surface area contributed by atoms with Crippen LogP contribution in [-0.4, -0.2) is 27.3 Å². The van der Waals surface area contributed by atoms with Crippen molar-refractivity contribution in [2.45, 2.75) is 20.4 Å². The summed E-state index contributed by atoms with van der Waals surface area (Å²) in [5.74, 6) is 0.396. The average Bonchev–Trinajstić information content (AvgIpc) is 2.72. The first-order valence-electron chi connectivity index (χ1n) is 5.93. The number of carbonyl (C=O) groups excluding carboxylic acids is 1. The minimum atomic E-state index is -0.467. The molecule has 0 aliphatic heterocycles. The highest BCUT2D eigenvalue weighted by Gasteiger charge is 2.18. The van der Waals surface area contributed by atoms with Gasteiger partial charge in [-0.15, -0.1) is 10.2 Å². The lowest BCUT2D eigenvalue weighted by Crippen LogP contribution is -2.15. The van der Waals surface area contributed by atoms with Crippen LogP contribution in [0.3, 0.4) is 0 Å². The fourth-order valence-electron chi connectivity index (χ4n) is 1.73. The van der Waals surface area contributed by atoms with Crippen LogP contribution in [0.1, 0.15) is 28.9 Å². The molecule has 0 N–H and O–H groups in total. The maximum atomic E-state index is 11.8. The van der Waals surface area contributed by atoms with E-state index in [1.807, 2.05) is 18.2 Å². The number of benzene rings is 1.